The van der Waals surface area contributed by atoms with Gasteiger partial charge in [0.15, 0.2) is 0 Å². The van der Waals surface area contributed by atoms with Crippen molar-refractivity contribution in [1.29, 1.82) is 0 Å². The summed E-state index contributed by atoms with van der Waals surface area (Å²) in [5.41, 5.74) is 1.12. The fourth-order valence-corrected chi connectivity index (χ4v) is 2.00. The van der Waals surface area contributed by atoms with E-state index < -0.39 is 0 Å². The molecule has 0 fully saturated rings. The highest BCUT2D eigenvalue weighted by Crippen LogP contribution is 2.31. The lowest BCUT2D eigenvalue weighted by Crippen LogP contribution is -2.00. The maximum Gasteiger partial charge on any atom is 0.123 e. The Hall–Kier alpha value is -1.54. The molecule has 0 bridgehead atoms. The van der Waals surface area contributed by atoms with Gasteiger partial charge in [-0.2, -0.15) is 0 Å². The van der Waals surface area contributed by atoms with E-state index in [1.807, 2.05) is 44.2 Å². The summed E-state index contributed by atoms with van der Waals surface area (Å²) in [6.45, 7) is 4.71. The normalized spacial score (nSPS) is 12.9. The number of rotatable bonds is 3. The lowest BCUT2D eigenvalue weighted by atomic mass is 10.0. The first-order valence-corrected chi connectivity index (χ1v) is 5.56. The minimum Gasteiger partial charge on any atom is -0.507 e. The molecule has 0 saturated carbocycles. The zero-order valence-electron chi connectivity index (χ0n) is 9.60. The molecule has 0 aliphatic carbocycles. The highest BCUT2D eigenvalue weighted by molar-refractivity contribution is 5.91. The molecule has 0 radical (unpaired) electrons. The van der Waals surface area contributed by atoms with Gasteiger partial charge in [-0.3, -0.25) is 0 Å². The van der Waals surface area contributed by atoms with E-state index in [-0.39, 0.29) is 6.10 Å². The maximum atomic E-state index is 9.77. The van der Waals surface area contributed by atoms with Crippen molar-refractivity contribution in [2.24, 2.45) is 0 Å². The molecule has 0 aliphatic rings. The van der Waals surface area contributed by atoms with Crippen LogP contribution in [0.5, 0.6) is 5.75 Å². The lowest BCUT2D eigenvalue weighted by Gasteiger charge is -2.15. The fourth-order valence-electron chi connectivity index (χ4n) is 2.00. The van der Waals surface area contributed by atoms with E-state index >= 15 is 0 Å². The van der Waals surface area contributed by atoms with Gasteiger partial charge in [-0.1, -0.05) is 30.3 Å². The highest BCUT2D eigenvalue weighted by atomic mass is 16.5. The number of phenolic OH excluding ortho intramolecular Hbond substituents is 1. The van der Waals surface area contributed by atoms with Crippen LogP contribution in [0.4, 0.5) is 0 Å². The molecule has 2 aromatic rings. The second-order valence-corrected chi connectivity index (χ2v) is 3.82. The molecular formula is C14H16O2. The van der Waals surface area contributed by atoms with Crippen molar-refractivity contribution in [2.45, 2.75) is 20.0 Å². The van der Waals surface area contributed by atoms with Crippen LogP contribution in [0.2, 0.25) is 0 Å². The Labute approximate surface area is 95.5 Å². The van der Waals surface area contributed by atoms with Gasteiger partial charge in [-0.15, -0.1) is 0 Å². The topological polar surface area (TPSA) is 29.5 Å². The van der Waals surface area contributed by atoms with Gasteiger partial charge in [0.05, 0.1) is 6.10 Å². The van der Waals surface area contributed by atoms with Gasteiger partial charge in [0, 0.05) is 12.0 Å². The van der Waals surface area contributed by atoms with E-state index in [4.69, 9.17) is 4.74 Å². The van der Waals surface area contributed by atoms with E-state index in [9.17, 15) is 5.11 Å². The molecule has 0 heterocycles. The van der Waals surface area contributed by atoms with E-state index in [0.717, 1.165) is 16.3 Å². The number of aromatic hydroxyl groups is 1. The van der Waals surface area contributed by atoms with Gasteiger partial charge >= 0.3 is 0 Å². The van der Waals surface area contributed by atoms with Crippen LogP contribution in [0.15, 0.2) is 36.4 Å². The van der Waals surface area contributed by atoms with Crippen LogP contribution < -0.4 is 0 Å². The third-order valence-corrected chi connectivity index (χ3v) is 2.79. The van der Waals surface area contributed by atoms with Gasteiger partial charge in [0.25, 0.3) is 0 Å². The fraction of sp³-hybridized carbons (Fsp3) is 0.286. The van der Waals surface area contributed by atoms with Crippen molar-refractivity contribution >= 4 is 10.8 Å². The molecule has 2 aromatic carbocycles. The van der Waals surface area contributed by atoms with Crippen LogP contribution in [0.25, 0.3) is 10.8 Å². The van der Waals surface area contributed by atoms with Gasteiger partial charge in [-0.05, 0) is 30.9 Å². The van der Waals surface area contributed by atoms with Crippen LogP contribution >= 0.6 is 0 Å². The standard InChI is InChI=1S/C14H16O2/c1-3-16-10(2)11-8-9-14(15)13-7-5-4-6-12(11)13/h4-10,15H,3H2,1-2H3/t10-/m1/s1. The molecule has 2 nitrogen and oxygen atoms in total. The first-order chi connectivity index (χ1) is 7.74. The van der Waals surface area contributed by atoms with Crippen molar-refractivity contribution < 1.29 is 9.84 Å². The summed E-state index contributed by atoms with van der Waals surface area (Å²) in [6.07, 6.45) is 0.0514. The number of hydrogen-bond donors (Lipinski definition) is 1. The Morgan fingerprint density at radius 3 is 2.50 bits per heavy atom. The largest absolute Gasteiger partial charge is 0.507 e. The summed E-state index contributed by atoms with van der Waals surface area (Å²) in [5.74, 6) is 0.322. The van der Waals surface area contributed by atoms with E-state index in [0.29, 0.717) is 12.4 Å². The average molecular weight is 216 g/mol. The summed E-state index contributed by atoms with van der Waals surface area (Å²) < 4.78 is 5.59. The van der Waals surface area contributed by atoms with Crippen molar-refractivity contribution in [3.63, 3.8) is 0 Å². The summed E-state index contributed by atoms with van der Waals surface area (Å²) in [7, 11) is 0. The van der Waals surface area contributed by atoms with Gasteiger partial charge in [0.1, 0.15) is 5.75 Å². The average Bonchev–Trinajstić information content (AvgIpc) is 2.30. The van der Waals surface area contributed by atoms with Crippen LogP contribution in [0.3, 0.4) is 0 Å². The molecule has 2 rings (SSSR count). The van der Waals surface area contributed by atoms with Gasteiger partial charge < -0.3 is 9.84 Å². The van der Waals surface area contributed by atoms with Crippen LogP contribution in [-0.4, -0.2) is 11.7 Å². The monoisotopic (exact) mass is 216 g/mol. The SMILES string of the molecule is CCO[C@H](C)c1ccc(O)c2ccccc12. The number of benzene rings is 2. The van der Waals surface area contributed by atoms with Crippen LogP contribution in [0.1, 0.15) is 25.5 Å². The summed E-state index contributed by atoms with van der Waals surface area (Å²) >= 11 is 0. The smallest absolute Gasteiger partial charge is 0.123 e. The quantitative estimate of drug-likeness (QED) is 0.848. The van der Waals surface area contributed by atoms with Crippen molar-refractivity contribution in [3.05, 3.63) is 42.0 Å². The molecule has 2 heteroatoms. The summed E-state index contributed by atoms with van der Waals surface area (Å²) in [4.78, 5) is 0. The third-order valence-electron chi connectivity index (χ3n) is 2.79. The summed E-state index contributed by atoms with van der Waals surface area (Å²) in [6, 6.07) is 11.5. The molecule has 0 spiro atoms. The highest BCUT2D eigenvalue weighted by Gasteiger charge is 2.10. The minimum atomic E-state index is 0.0514. The Morgan fingerprint density at radius 1 is 1.12 bits per heavy atom. The predicted octanol–water partition coefficient (Wildman–Crippen LogP) is 3.64. The van der Waals surface area contributed by atoms with Crippen LogP contribution in [0, 0.1) is 0 Å². The molecule has 1 atom stereocenters. The molecule has 0 aliphatic heterocycles. The number of phenols is 1. The summed E-state index contributed by atoms with van der Waals surface area (Å²) in [5, 5.41) is 11.7. The second kappa shape index (κ2) is 4.54. The third kappa shape index (κ3) is 1.89. The Kier molecular flexibility index (Phi) is 3.11. The first kappa shape index (κ1) is 11.0. The maximum absolute atomic E-state index is 9.77. The van der Waals surface area contributed by atoms with Gasteiger partial charge in [0.2, 0.25) is 0 Å². The lowest BCUT2D eigenvalue weighted by molar-refractivity contribution is 0.0774. The van der Waals surface area contributed by atoms with Crippen molar-refractivity contribution in [1.82, 2.24) is 0 Å². The number of fused-ring (bicyclic) bond motifs is 1. The molecule has 0 unspecified atom stereocenters. The van der Waals surface area contributed by atoms with E-state index in [2.05, 4.69) is 0 Å². The van der Waals surface area contributed by atoms with Crippen LogP contribution in [-0.2, 0) is 4.74 Å². The molecular weight excluding hydrogens is 200 g/mol. The molecule has 84 valence electrons. The van der Waals surface area contributed by atoms with E-state index in [1.165, 1.54) is 0 Å². The molecule has 0 saturated heterocycles. The molecule has 1 N–H and O–H groups in total. The molecule has 0 amide bonds. The van der Waals surface area contributed by atoms with Crippen molar-refractivity contribution in [2.75, 3.05) is 6.61 Å². The zero-order chi connectivity index (χ0) is 11.5. The first-order valence-electron chi connectivity index (χ1n) is 5.56. The Balaban J connectivity index is 2.58. The number of hydrogen-bond acceptors (Lipinski definition) is 2. The Morgan fingerprint density at radius 2 is 1.81 bits per heavy atom. The number of ether oxygens (including phenoxy) is 1. The zero-order valence-corrected chi connectivity index (χ0v) is 9.60. The van der Waals surface area contributed by atoms with Crippen molar-refractivity contribution in [3.8, 4) is 5.75 Å². The predicted molar refractivity (Wildman–Crippen MR) is 65.7 cm³/mol. The van der Waals surface area contributed by atoms with Gasteiger partial charge in [-0.25, -0.2) is 0 Å². The second-order valence-electron chi connectivity index (χ2n) is 3.82. The van der Waals surface area contributed by atoms with E-state index in [1.54, 1.807) is 6.07 Å². The Bertz CT molecular complexity index is 491. The minimum absolute atomic E-state index is 0.0514. The molecule has 16 heavy (non-hydrogen) atoms. The molecule has 0 aromatic heterocycles.